The number of hydrogen-bond donors (Lipinski definition) is 2. The number of hydroxylamine groups is 2. The predicted octanol–water partition coefficient (Wildman–Crippen LogP) is -0.168. The van der Waals surface area contributed by atoms with E-state index in [0.29, 0.717) is 6.54 Å². The average molecular weight is 188 g/mol. The minimum absolute atomic E-state index is 0.178. The summed E-state index contributed by atoms with van der Waals surface area (Å²) in [6.45, 7) is 0.425. The first kappa shape index (κ1) is 7.54. The first-order valence-electron chi connectivity index (χ1n) is 3.26. The molecule has 3 nitrogen and oxygen atoms in total. The zero-order chi connectivity index (χ0) is 7.84. The van der Waals surface area contributed by atoms with Crippen LogP contribution in [-0.4, -0.2) is 11.6 Å². The Morgan fingerprint density at radius 1 is 1.64 bits per heavy atom. The molecule has 2 aliphatic rings. The van der Waals surface area contributed by atoms with Crippen molar-refractivity contribution in [3.8, 4) is 0 Å². The van der Waals surface area contributed by atoms with E-state index >= 15 is 0 Å². The smallest absolute Gasteiger partial charge is 0.153 e. The van der Waals surface area contributed by atoms with Gasteiger partial charge in [0.05, 0.1) is 10.6 Å². The lowest BCUT2D eigenvalue weighted by Gasteiger charge is -2.19. The normalized spacial score (nSPS) is 30.3. The molecule has 0 fully saturated rings. The molecule has 1 atom stereocenters. The van der Waals surface area contributed by atoms with Gasteiger partial charge in [-0.2, -0.15) is 0 Å². The van der Waals surface area contributed by atoms with Crippen molar-refractivity contribution < 1.29 is 5.06 Å². The highest BCUT2D eigenvalue weighted by molar-refractivity contribution is 8.19. The summed E-state index contributed by atoms with van der Waals surface area (Å²) in [5, 5.41) is 14.3. The van der Waals surface area contributed by atoms with Crippen molar-refractivity contribution in [2.24, 2.45) is 5.73 Å². The van der Waals surface area contributed by atoms with Gasteiger partial charge in [0, 0.05) is 10.5 Å². The van der Waals surface area contributed by atoms with Crippen molar-refractivity contribution in [2.45, 2.75) is 0 Å². The van der Waals surface area contributed by atoms with Gasteiger partial charge < -0.3 is 16.0 Å². The first-order chi connectivity index (χ1) is 5.29. The molecule has 0 saturated carbocycles. The fraction of sp³-hybridized carbons (Fsp3) is 0.333. The summed E-state index contributed by atoms with van der Waals surface area (Å²) in [6, 6.07) is 0. The molecular formula is C6H8N2OS2. The zero-order valence-electron chi connectivity index (χ0n) is 5.79. The van der Waals surface area contributed by atoms with E-state index in [1.165, 1.54) is 0 Å². The maximum Gasteiger partial charge on any atom is 0.153 e. The Hall–Kier alpha value is -0.100. The van der Waals surface area contributed by atoms with Crippen molar-refractivity contribution in [3.63, 3.8) is 0 Å². The Labute approximate surface area is 73.3 Å². The SMILES string of the molecule is NC1=C2SCSC=C2[NH+]([O-])C1. The molecular weight excluding hydrogens is 180 g/mol. The molecule has 0 aromatic rings. The number of quaternary nitrogens is 1. The maximum atomic E-state index is 11.2. The third kappa shape index (κ3) is 1.18. The van der Waals surface area contributed by atoms with Crippen LogP contribution in [0.15, 0.2) is 21.7 Å². The van der Waals surface area contributed by atoms with E-state index in [4.69, 9.17) is 5.73 Å². The lowest BCUT2D eigenvalue weighted by atomic mass is 10.4. The highest BCUT2D eigenvalue weighted by Crippen LogP contribution is 2.34. The van der Waals surface area contributed by atoms with Crippen LogP contribution in [0.1, 0.15) is 0 Å². The highest BCUT2D eigenvalue weighted by atomic mass is 32.2. The molecule has 60 valence electrons. The molecule has 2 rings (SSSR count). The summed E-state index contributed by atoms with van der Waals surface area (Å²) in [7, 11) is 0. The number of hydrogen-bond acceptors (Lipinski definition) is 4. The molecule has 0 aromatic carbocycles. The van der Waals surface area contributed by atoms with Crippen LogP contribution < -0.4 is 10.8 Å². The van der Waals surface area contributed by atoms with Crippen molar-refractivity contribution in [2.75, 3.05) is 11.6 Å². The maximum absolute atomic E-state index is 11.2. The molecule has 0 aromatic heterocycles. The molecule has 3 N–H and O–H groups in total. The van der Waals surface area contributed by atoms with Gasteiger partial charge >= 0.3 is 0 Å². The molecule has 1 unspecified atom stereocenters. The summed E-state index contributed by atoms with van der Waals surface area (Å²) in [5.74, 6) is 0. The second-order valence-electron chi connectivity index (χ2n) is 2.41. The molecule has 5 heteroatoms. The van der Waals surface area contributed by atoms with Gasteiger partial charge in [0.1, 0.15) is 6.54 Å². The van der Waals surface area contributed by atoms with Crippen LogP contribution in [0.4, 0.5) is 0 Å². The standard InChI is InChI=1S/C6H8N2OS2/c7-4-1-8(9)5-2-10-3-11-6(4)5/h2,8H,1,3,7H2. The lowest BCUT2D eigenvalue weighted by molar-refractivity contribution is -0.792. The van der Waals surface area contributed by atoms with E-state index in [2.05, 4.69) is 0 Å². The van der Waals surface area contributed by atoms with E-state index in [9.17, 15) is 5.21 Å². The van der Waals surface area contributed by atoms with Gasteiger partial charge in [-0.1, -0.05) is 0 Å². The van der Waals surface area contributed by atoms with E-state index in [-0.39, 0.29) is 5.06 Å². The van der Waals surface area contributed by atoms with E-state index in [0.717, 1.165) is 21.4 Å². The van der Waals surface area contributed by atoms with Gasteiger partial charge in [0.15, 0.2) is 5.70 Å². The summed E-state index contributed by atoms with van der Waals surface area (Å²) in [6.07, 6.45) is 0. The quantitative estimate of drug-likeness (QED) is 0.518. The molecule has 0 spiro atoms. The Balaban J connectivity index is 2.38. The van der Waals surface area contributed by atoms with Gasteiger partial charge in [-0.3, -0.25) is 0 Å². The van der Waals surface area contributed by atoms with E-state index in [1.54, 1.807) is 23.5 Å². The summed E-state index contributed by atoms with van der Waals surface area (Å²) in [5.41, 5.74) is 7.26. The molecule has 0 saturated heterocycles. The van der Waals surface area contributed by atoms with Gasteiger partial charge in [-0.25, -0.2) is 0 Å². The van der Waals surface area contributed by atoms with Crippen LogP contribution in [0.2, 0.25) is 0 Å². The minimum Gasteiger partial charge on any atom is -0.629 e. The van der Waals surface area contributed by atoms with Crippen LogP contribution >= 0.6 is 23.5 Å². The third-order valence-electron chi connectivity index (χ3n) is 1.66. The third-order valence-corrected chi connectivity index (χ3v) is 3.85. The number of thioether (sulfide) groups is 2. The molecule has 0 amide bonds. The second kappa shape index (κ2) is 2.75. The number of fused-ring (bicyclic) bond motifs is 1. The van der Waals surface area contributed by atoms with Crippen molar-refractivity contribution in [3.05, 3.63) is 26.9 Å². The van der Waals surface area contributed by atoms with Crippen LogP contribution in [0.3, 0.4) is 0 Å². The second-order valence-corrected chi connectivity index (χ2v) is 4.62. The molecule has 2 aliphatic heterocycles. The lowest BCUT2D eigenvalue weighted by Crippen LogP contribution is -3.03. The fourth-order valence-electron chi connectivity index (χ4n) is 1.15. The molecule has 11 heavy (non-hydrogen) atoms. The monoisotopic (exact) mass is 188 g/mol. The van der Waals surface area contributed by atoms with Crippen molar-refractivity contribution in [1.82, 2.24) is 0 Å². The summed E-state index contributed by atoms with van der Waals surface area (Å²) < 4.78 is 0. The van der Waals surface area contributed by atoms with Crippen LogP contribution in [0.25, 0.3) is 0 Å². The van der Waals surface area contributed by atoms with Gasteiger partial charge in [0.25, 0.3) is 0 Å². The topological polar surface area (TPSA) is 53.5 Å². The predicted molar refractivity (Wildman–Crippen MR) is 48.5 cm³/mol. The van der Waals surface area contributed by atoms with Gasteiger partial charge in [-0.05, 0) is 0 Å². The average Bonchev–Trinajstić information content (AvgIpc) is 2.30. The van der Waals surface area contributed by atoms with Crippen LogP contribution in [-0.2, 0) is 0 Å². The zero-order valence-corrected chi connectivity index (χ0v) is 7.43. The largest absolute Gasteiger partial charge is 0.629 e. The molecule has 0 radical (unpaired) electrons. The highest BCUT2D eigenvalue weighted by Gasteiger charge is 2.27. The van der Waals surface area contributed by atoms with Crippen molar-refractivity contribution in [1.29, 1.82) is 0 Å². The minimum atomic E-state index is 0.178. The molecule has 2 heterocycles. The molecule has 0 bridgehead atoms. The fourth-order valence-corrected chi connectivity index (χ4v) is 3.24. The van der Waals surface area contributed by atoms with Crippen LogP contribution in [0.5, 0.6) is 0 Å². The summed E-state index contributed by atoms with van der Waals surface area (Å²) in [4.78, 5) is 1.02. The summed E-state index contributed by atoms with van der Waals surface area (Å²) >= 11 is 3.34. The Kier molecular flexibility index (Phi) is 1.88. The number of nitrogens with two attached hydrogens (primary N) is 1. The van der Waals surface area contributed by atoms with E-state index in [1.807, 2.05) is 5.41 Å². The Morgan fingerprint density at radius 3 is 3.18 bits per heavy atom. The molecule has 0 aliphatic carbocycles. The number of nitrogens with one attached hydrogen (secondary N) is 1. The van der Waals surface area contributed by atoms with Gasteiger partial charge in [0.2, 0.25) is 0 Å². The van der Waals surface area contributed by atoms with Crippen LogP contribution in [0, 0.1) is 5.21 Å². The number of rotatable bonds is 0. The van der Waals surface area contributed by atoms with Crippen molar-refractivity contribution >= 4 is 23.5 Å². The van der Waals surface area contributed by atoms with E-state index < -0.39 is 0 Å². The van der Waals surface area contributed by atoms with Gasteiger partial charge in [-0.15, -0.1) is 23.5 Å². The first-order valence-corrected chi connectivity index (χ1v) is 5.29. The Morgan fingerprint density at radius 2 is 2.45 bits per heavy atom. The Bertz CT molecular complexity index is 249.